The van der Waals surface area contributed by atoms with Crippen LogP contribution in [0.1, 0.15) is 44.0 Å². The lowest BCUT2D eigenvalue weighted by atomic mass is 10.0. The number of amides is 1. The van der Waals surface area contributed by atoms with Crippen LogP contribution in [0.3, 0.4) is 0 Å². The van der Waals surface area contributed by atoms with E-state index in [9.17, 15) is 4.79 Å². The van der Waals surface area contributed by atoms with Crippen LogP contribution in [-0.4, -0.2) is 15.9 Å². The summed E-state index contributed by atoms with van der Waals surface area (Å²) in [6.07, 6.45) is 7.99. The van der Waals surface area contributed by atoms with Crippen LogP contribution in [0.2, 0.25) is 5.02 Å². The molecule has 1 N–H and O–H groups in total. The van der Waals surface area contributed by atoms with Gasteiger partial charge >= 0.3 is 0 Å². The maximum atomic E-state index is 12.4. The first-order valence-corrected chi connectivity index (χ1v) is 11.3. The minimum absolute atomic E-state index is 0.0511. The maximum Gasteiger partial charge on any atom is 0.225 e. The molecule has 0 bridgehead atoms. The van der Waals surface area contributed by atoms with Gasteiger partial charge in [-0.05, 0) is 55.0 Å². The van der Waals surface area contributed by atoms with E-state index in [0.29, 0.717) is 23.2 Å². The van der Waals surface area contributed by atoms with E-state index in [1.807, 2.05) is 36.4 Å². The van der Waals surface area contributed by atoms with Crippen molar-refractivity contribution >= 4 is 34.7 Å². The summed E-state index contributed by atoms with van der Waals surface area (Å²) in [7, 11) is 0. The van der Waals surface area contributed by atoms with Crippen molar-refractivity contribution < 1.29 is 4.79 Å². The molecule has 6 heteroatoms. The number of nitrogens with one attached hydrogen (secondary N) is 1. The SMILES string of the molecule is CCc1nc(-c2cccc(Cl)c2)c(-c2ccnc(NC(=O)CC3CCCC3)c2)s1. The van der Waals surface area contributed by atoms with Crippen LogP contribution in [0, 0.1) is 5.92 Å². The number of nitrogens with zero attached hydrogens (tertiary/aromatic N) is 2. The standard InChI is InChI=1S/C23H24ClN3OS/c1-2-21-27-22(16-8-5-9-18(24)13-16)23(29-21)17-10-11-25-19(14-17)26-20(28)12-15-6-3-4-7-15/h5,8-11,13-15H,2-4,6-7,12H2,1H3,(H,25,26,28). The van der Waals surface area contributed by atoms with Gasteiger partial charge in [0.05, 0.1) is 15.6 Å². The number of anilines is 1. The lowest BCUT2D eigenvalue weighted by Crippen LogP contribution is -2.15. The van der Waals surface area contributed by atoms with Gasteiger partial charge in [0.1, 0.15) is 5.82 Å². The number of halogens is 1. The number of pyridine rings is 1. The van der Waals surface area contributed by atoms with Gasteiger partial charge < -0.3 is 5.32 Å². The Morgan fingerprint density at radius 3 is 2.79 bits per heavy atom. The number of rotatable bonds is 6. The van der Waals surface area contributed by atoms with Crippen LogP contribution >= 0.6 is 22.9 Å². The van der Waals surface area contributed by atoms with Gasteiger partial charge in [0.2, 0.25) is 5.91 Å². The van der Waals surface area contributed by atoms with E-state index in [0.717, 1.165) is 46.0 Å². The Morgan fingerprint density at radius 1 is 1.21 bits per heavy atom. The predicted molar refractivity (Wildman–Crippen MR) is 120 cm³/mol. The third-order valence-corrected chi connectivity index (χ3v) is 6.79. The van der Waals surface area contributed by atoms with Crippen molar-refractivity contribution in [3.63, 3.8) is 0 Å². The quantitative estimate of drug-likeness (QED) is 0.483. The predicted octanol–water partition coefficient (Wildman–Crippen LogP) is 6.61. The number of hydrogen-bond donors (Lipinski definition) is 1. The molecule has 2 aromatic heterocycles. The van der Waals surface area contributed by atoms with Crippen molar-refractivity contribution in [2.45, 2.75) is 45.4 Å². The molecule has 29 heavy (non-hydrogen) atoms. The number of aromatic nitrogens is 2. The number of carbonyl (C=O) groups is 1. The molecule has 2 heterocycles. The molecule has 1 saturated carbocycles. The van der Waals surface area contributed by atoms with Gasteiger partial charge in [-0.15, -0.1) is 11.3 Å². The molecule has 1 amide bonds. The zero-order chi connectivity index (χ0) is 20.2. The molecular formula is C23H24ClN3OS. The highest BCUT2D eigenvalue weighted by molar-refractivity contribution is 7.15. The van der Waals surface area contributed by atoms with E-state index in [-0.39, 0.29) is 5.91 Å². The first-order chi connectivity index (χ1) is 14.1. The molecule has 0 unspecified atom stereocenters. The van der Waals surface area contributed by atoms with Crippen LogP contribution < -0.4 is 5.32 Å². The normalized spacial score (nSPS) is 14.3. The zero-order valence-corrected chi connectivity index (χ0v) is 18.0. The summed E-state index contributed by atoms with van der Waals surface area (Å²) < 4.78 is 0. The van der Waals surface area contributed by atoms with E-state index in [4.69, 9.17) is 16.6 Å². The molecule has 1 aliphatic carbocycles. The van der Waals surface area contributed by atoms with Crippen molar-refractivity contribution in [3.8, 4) is 21.7 Å². The summed E-state index contributed by atoms with van der Waals surface area (Å²) in [5.74, 6) is 1.16. The minimum Gasteiger partial charge on any atom is -0.311 e. The number of carbonyl (C=O) groups excluding carboxylic acids is 1. The Morgan fingerprint density at radius 2 is 2.03 bits per heavy atom. The molecule has 150 valence electrons. The van der Waals surface area contributed by atoms with Crippen molar-refractivity contribution in [2.24, 2.45) is 5.92 Å². The second-order valence-electron chi connectivity index (χ2n) is 7.48. The summed E-state index contributed by atoms with van der Waals surface area (Å²) in [4.78, 5) is 22.7. The van der Waals surface area contributed by atoms with E-state index in [2.05, 4.69) is 17.2 Å². The smallest absolute Gasteiger partial charge is 0.225 e. The molecule has 0 saturated heterocycles. The molecule has 0 radical (unpaired) electrons. The fourth-order valence-electron chi connectivity index (χ4n) is 3.85. The van der Waals surface area contributed by atoms with Gasteiger partial charge in [0.15, 0.2) is 0 Å². The second kappa shape index (κ2) is 9.06. The van der Waals surface area contributed by atoms with Crippen LogP contribution in [0.4, 0.5) is 5.82 Å². The van der Waals surface area contributed by atoms with Gasteiger partial charge in [0.25, 0.3) is 0 Å². The molecule has 3 aromatic rings. The number of thiazole rings is 1. The van der Waals surface area contributed by atoms with Gasteiger partial charge in [-0.1, -0.05) is 43.5 Å². The van der Waals surface area contributed by atoms with Crippen molar-refractivity contribution in [2.75, 3.05) is 5.32 Å². The topological polar surface area (TPSA) is 54.9 Å². The average Bonchev–Trinajstić information content (AvgIpc) is 3.37. The summed E-state index contributed by atoms with van der Waals surface area (Å²) >= 11 is 7.88. The molecule has 0 spiro atoms. The van der Waals surface area contributed by atoms with Crippen molar-refractivity contribution in [1.29, 1.82) is 0 Å². The molecule has 1 fully saturated rings. The van der Waals surface area contributed by atoms with E-state index < -0.39 is 0 Å². The highest BCUT2D eigenvalue weighted by Crippen LogP contribution is 2.38. The Balaban J connectivity index is 1.61. The second-order valence-corrected chi connectivity index (χ2v) is 9.00. The van der Waals surface area contributed by atoms with E-state index in [1.165, 1.54) is 12.8 Å². The van der Waals surface area contributed by atoms with E-state index in [1.54, 1.807) is 17.5 Å². The lowest BCUT2D eigenvalue weighted by molar-refractivity contribution is -0.117. The largest absolute Gasteiger partial charge is 0.311 e. The highest BCUT2D eigenvalue weighted by atomic mass is 35.5. The first kappa shape index (κ1) is 20.0. The number of hydrogen-bond acceptors (Lipinski definition) is 4. The molecule has 4 rings (SSSR count). The Labute approximate surface area is 180 Å². The maximum absolute atomic E-state index is 12.4. The van der Waals surface area contributed by atoms with Gasteiger partial charge in [-0.25, -0.2) is 9.97 Å². The molecular weight excluding hydrogens is 402 g/mol. The summed E-state index contributed by atoms with van der Waals surface area (Å²) in [6.45, 7) is 2.10. The number of aryl methyl sites for hydroxylation is 1. The monoisotopic (exact) mass is 425 g/mol. The summed E-state index contributed by atoms with van der Waals surface area (Å²) in [5.41, 5.74) is 2.92. The minimum atomic E-state index is 0.0511. The summed E-state index contributed by atoms with van der Waals surface area (Å²) in [5, 5.41) is 4.74. The molecule has 1 aromatic carbocycles. The molecule has 4 nitrogen and oxygen atoms in total. The average molecular weight is 426 g/mol. The Hall–Kier alpha value is -2.24. The van der Waals surface area contributed by atoms with E-state index >= 15 is 0 Å². The first-order valence-electron chi connectivity index (χ1n) is 10.1. The summed E-state index contributed by atoms with van der Waals surface area (Å²) in [6, 6.07) is 11.7. The van der Waals surface area contributed by atoms with Crippen molar-refractivity contribution in [3.05, 3.63) is 52.6 Å². The van der Waals surface area contributed by atoms with Crippen LogP contribution in [0.5, 0.6) is 0 Å². The fourth-order valence-corrected chi connectivity index (χ4v) is 5.07. The molecule has 1 aliphatic rings. The van der Waals surface area contributed by atoms with Crippen molar-refractivity contribution in [1.82, 2.24) is 9.97 Å². The van der Waals surface area contributed by atoms with Crippen LogP contribution in [0.15, 0.2) is 42.6 Å². The Kier molecular flexibility index (Phi) is 6.26. The number of benzene rings is 1. The molecule has 0 aliphatic heterocycles. The Bertz CT molecular complexity index is 1010. The fraction of sp³-hybridized carbons (Fsp3) is 0.348. The van der Waals surface area contributed by atoms with Gasteiger partial charge in [0, 0.05) is 23.2 Å². The lowest BCUT2D eigenvalue weighted by Gasteiger charge is -2.10. The third-order valence-electron chi connectivity index (χ3n) is 5.31. The third kappa shape index (κ3) is 4.85. The van der Waals surface area contributed by atoms with Crippen LogP contribution in [-0.2, 0) is 11.2 Å². The van der Waals surface area contributed by atoms with Gasteiger partial charge in [-0.3, -0.25) is 4.79 Å². The molecule has 0 atom stereocenters. The van der Waals surface area contributed by atoms with Gasteiger partial charge in [-0.2, -0.15) is 0 Å². The van der Waals surface area contributed by atoms with Crippen LogP contribution in [0.25, 0.3) is 21.7 Å². The zero-order valence-electron chi connectivity index (χ0n) is 16.5. The highest BCUT2D eigenvalue weighted by Gasteiger charge is 2.19.